The highest BCUT2D eigenvalue weighted by Gasteiger charge is 2.03. The molecule has 0 saturated heterocycles. The molecule has 0 aliphatic rings. The summed E-state index contributed by atoms with van der Waals surface area (Å²) in [6.45, 7) is 0.428. The van der Waals surface area contributed by atoms with Crippen molar-refractivity contribution in [3.8, 4) is 17.2 Å². The Morgan fingerprint density at radius 1 is 0.895 bits per heavy atom. The summed E-state index contributed by atoms with van der Waals surface area (Å²) in [7, 11) is 3.24. The lowest BCUT2D eigenvalue weighted by Gasteiger charge is -2.10. The van der Waals surface area contributed by atoms with Crippen LogP contribution in [0.15, 0.2) is 42.5 Å². The van der Waals surface area contributed by atoms with Crippen molar-refractivity contribution >= 4 is 5.69 Å². The zero-order chi connectivity index (χ0) is 13.7. The molecular formula is C15H17NO3. The number of benzene rings is 2. The maximum absolute atomic E-state index is 5.70. The molecule has 0 atom stereocenters. The molecule has 4 nitrogen and oxygen atoms in total. The smallest absolute Gasteiger partial charge is 0.122 e. The third-order valence-electron chi connectivity index (χ3n) is 2.67. The average Bonchev–Trinajstić information content (AvgIpc) is 2.44. The molecule has 0 amide bonds. The Morgan fingerprint density at radius 2 is 1.58 bits per heavy atom. The topological polar surface area (TPSA) is 53.7 Å². The van der Waals surface area contributed by atoms with Crippen LogP contribution in [-0.2, 0) is 6.61 Å². The van der Waals surface area contributed by atoms with E-state index in [2.05, 4.69) is 0 Å². The van der Waals surface area contributed by atoms with Gasteiger partial charge in [0.05, 0.1) is 14.2 Å². The van der Waals surface area contributed by atoms with Gasteiger partial charge in [-0.2, -0.15) is 0 Å². The van der Waals surface area contributed by atoms with Gasteiger partial charge in [-0.1, -0.05) is 6.07 Å². The third kappa shape index (κ3) is 3.55. The Labute approximate surface area is 112 Å². The lowest BCUT2D eigenvalue weighted by molar-refractivity contribution is 0.304. The predicted octanol–water partition coefficient (Wildman–Crippen LogP) is 2.87. The molecule has 4 heteroatoms. The number of rotatable bonds is 5. The summed E-state index contributed by atoms with van der Waals surface area (Å²) in [5.41, 5.74) is 7.35. The van der Waals surface area contributed by atoms with Crippen molar-refractivity contribution in [2.24, 2.45) is 0 Å². The van der Waals surface area contributed by atoms with E-state index < -0.39 is 0 Å². The summed E-state index contributed by atoms with van der Waals surface area (Å²) >= 11 is 0. The Kier molecular flexibility index (Phi) is 4.13. The minimum absolute atomic E-state index is 0.428. The first-order valence-electron chi connectivity index (χ1n) is 5.91. The number of nitrogen functional groups attached to an aromatic ring is 1. The second-order valence-corrected chi connectivity index (χ2v) is 4.08. The molecule has 2 N–H and O–H groups in total. The van der Waals surface area contributed by atoms with E-state index in [1.165, 1.54) is 0 Å². The van der Waals surface area contributed by atoms with Crippen LogP contribution in [0.3, 0.4) is 0 Å². The van der Waals surface area contributed by atoms with Gasteiger partial charge in [0.25, 0.3) is 0 Å². The van der Waals surface area contributed by atoms with Gasteiger partial charge < -0.3 is 19.9 Å². The molecule has 0 bridgehead atoms. The number of ether oxygens (including phenoxy) is 3. The van der Waals surface area contributed by atoms with Crippen molar-refractivity contribution in [1.82, 2.24) is 0 Å². The minimum atomic E-state index is 0.428. The van der Waals surface area contributed by atoms with Crippen LogP contribution in [0.25, 0.3) is 0 Å². The molecule has 0 radical (unpaired) electrons. The predicted molar refractivity (Wildman–Crippen MR) is 74.7 cm³/mol. The SMILES string of the molecule is COc1cc(COc2cccc(N)c2)cc(OC)c1. The maximum atomic E-state index is 5.70. The molecule has 0 unspecified atom stereocenters. The van der Waals surface area contributed by atoms with Crippen LogP contribution in [0.4, 0.5) is 5.69 Å². The summed E-state index contributed by atoms with van der Waals surface area (Å²) < 4.78 is 16.1. The highest BCUT2D eigenvalue weighted by atomic mass is 16.5. The molecular weight excluding hydrogens is 242 g/mol. The first-order valence-corrected chi connectivity index (χ1v) is 5.91. The summed E-state index contributed by atoms with van der Waals surface area (Å²) in [4.78, 5) is 0. The van der Waals surface area contributed by atoms with E-state index in [1.54, 1.807) is 20.3 Å². The van der Waals surface area contributed by atoms with Gasteiger partial charge in [-0.25, -0.2) is 0 Å². The van der Waals surface area contributed by atoms with Crippen molar-refractivity contribution in [3.05, 3.63) is 48.0 Å². The van der Waals surface area contributed by atoms with Gasteiger partial charge in [0.15, 0.2) is 0 Å². The molecule has 2 rings (SSSR count). The normalized spacial score (nSPS) is 10.0. The highest BCUT2D eigenvalue weighted by Crippen LogP contribution is 2.24. The first-order chi connectivity index (χ1) is 9.21. The van der Waals surface area contributed by atoms with E-state index in [4.69, 9.17) is 19.9 Å². The zero-order valence-corrected chi connectivity index (χ0v) is 11.1. The fourth-order valence-corrected chi connectivity index (χ4v) is 1.72. The van der Waals surface area contributed by atoms with Crippen molar-refractivity contribution in [2.75, 3.05) is 20.0 Å². The molecule has 0 saturated carbocycles. The highest BCUT2D eigenvalue weighted by molar-refractivity contribution is 5.44. The first kappa shape index (κ1) is 13.1. The van der Waals surface area contributed by atoms with Crippen molar-refractivity contribution in [1.29, 1.82) is 0 Å². The molecule has 0 aromatic heterocycles. The Bertz CT molecular complexity index is 533. The van der Waals surface area contributed by atoms with E-state index in [-0.39, 0.29) is 0 Å². The van der Waals surface area contributed by atoms with Crippen LogP contribution in [0.2, 0.25) is 0 Å². The minimum Gasteiger partial charge on any atom is -0.497 e. The fourth-order valence-electron chi connectivity index (χ4n) is 1.72. The van der Waals surface area contributed by atoms with Gasteiger partial charge in [0, 0.05) is 17.8 Å². The molecule has 19 heavy (non-hydrogen) atoms. The Morgan fingerprint density at radius 3 is 2.16 bits per heavy atom. The number of hydrogen-bond donors (Lipinski definition) is 1. The molecule has 0 aliphatic carbocycles. The number of anilines is 1. The van der Waals surface area contributed by atoms with Gasteiger partial charge in [0.2, 0.25) is 0 Å². The van der Waals surface area contributed by atoms with E-state index in [0.717, 1.165) is 22.8 Å². The van der Waals surface area contributed by atoms with Crippen molar-refractivity contribution in [2.45, 2.75) is 6.61 Å². The summed E-state index contributed by atoms with van der Waals surface area (Å²) in [5.74, 6) is 2.22. The van der Waals surface area contributed by atoms with Crippen LogP contribution in [0.5, 0.6) is 17.2 Å². The molecule has 2 aromatic rings. The molecule has 0 fully saturated rings. The number of methoxy groups -OCH3 is 2. The van der Waals surface area contributed by atoms with Crippen LogP contribution < -0.4 is 19.9 Å². The molecule has 2 aromatic carbocycles. The molecule has 0 aliphatic heterocycles. The fraction of sp³-hybridized carbons (Fsp3) is 0.200. The van der Waals surface area contributed by atoms with E-state index in [9.17, 15) is 0 Å². The Hall–Kier alpha value is -2.36. The largest absolute Gasteiger partial charge is 0.497 e. The second kappa shape index (κ2) is 6.00. The second-order valence-electron chi connectivity index (χ2n) is 4.08. The lowest BCUT2D eigenvalue weighted by Crippen LogP contribution is -1.98. The molecule has 0 spiro atoms. The van der Waals surface area contributed by atoms with Gasteiger partial charge >= 0.3 is 0 Å². The van der Waals surface area contributed by atoms with E-state index in [0.29, 0.717) is 12.3 Å². The summed E-state index contributed by atoms with van der Waals surface area (Å²) in [6, 6.07) is 13.0. The number of hydrogen-bond acceptors (Lipinski definition) is 4. The van der Waals surface area contributed by atoms with E-state index >= 15 is 0 Å². The van der Waals surface area contributed by atoms with Gasteiger partial charge in [-0.05, 0) is 29.8 Å². The van der Waals surface area contributed by atoms with Gasteiger partial charge in [-0.3, -0.25) is 0 Å². The zero-order valence-electron chi connectivity index (χ0n) is 11.1. The van der Waals surface area contributed by atoms with Crippen LogP contribution in [0.1, 0.15) is 5.56 Å². The van der Waals surface area contributed by atoms with Crippen molar-refractivity contribution in [3.63, 3.8) is 0 Å². The Balaban J connectivity index is 2.10. The standard InChI is InChI=1S/C15H17NO3/c1-17-14-6-11(7-15(9-14)18-2)10-19-13-5-3-4-12(16)8-13/h3-9H,10,16H2,1-2H3. The van der Waals surface area contributed by atoms with Gasteiger partial charge in [-0.15, -0.1) is 0 Å². The maximum Gasteiger partial charge on any atom is 0.122 e. The van der Waals surface area contributed by atoms with Crippen LogP contribution >= 0.6 is 0 Å². The van der Waals surface area contributed by atoms with E-state index in [1.807, 2.05) is 36.4 Å². The summed E-state index contributed by atoms with van der Waals surface area (Å²) in [5, 5.41) is 0. The van der Waals surface area contributed by atoms with Crippen molar-refractivity contribution < 1.29 is 14.2 Å². The third-order valence-corrected chi connectivity index (χ3v) is 2.67. The lowest BCUT2D eigenvalue weighted by atomic mass is 10.2. The van der Waals surface area contributed by atoms with Crippen LogP contribution in [-0.4, -0.2) is 14.2 Å². The molecule has 100 valence electrons. The monoisotopic (exact) mass is 259 g/mol. The number of nitrogens with two attached hydrogens (primary N) is 1. The molecule has 0 heterocycles. The average molecular weight is 259 g/mol. The van der Waals surface area contributed by atoms with Gasteiger partial charge in [0.1, 0.15) is 23.9 Å². The quantitative estimate of drug-likeness (QED) is 0.839. The van der Waals surface area contributed by atoms with Crippen LogP contribution in [0, 0.1) is 0 Å². The summed E-state index contributed by atoms with van der Waals surface area (Å²) in [6.07, 6.45) is 0.